The molecule has 3 N–H and O–H groups in total. The third-order valence-corrected chi connectivity index (χ3v) is 2.21. The highest BCUT2D eigenvalue weighted by Crippen LogP contribution is 2.23. The minimum atomic E-state index is -0.996. The molecule has 0 aliphatic rings. The van der Waals surface area contributed by atoms with Crippen LogP contribution in [0.4, 0.5) is 5.82 Å². The molecule has 5 nitrogen and oxygen atoms in total. The summed E-state index contributed by atoms with van der Waals surface area (Å²) in [5, 5.41) is 8.78. The highest BCUT2D eigenvalue weighted by molar-refractivity contribution is 6.33. The summed E-state index contributed by atoms with van der Waals surface area (Å²) in [6, 6.07) is 0. The molecule has 0 atom stereocenters. The van der Waals surface area contributed by atoms with Crippen LogP contribution in [-0.4, -0.2) is 21.0 Å². The fraction of sp³-hybridized carbons (Fsp3) is 0.444. The molecule has 0 aliphatic carbocycles. The van der Waals surface area contributed by atoms with Crippen molar-refractivity contribution in [2.45, 2.75) is 26.2 Å². The number of carboxylic acids is 1. The van der Waals surface area contributed by atoms with Crippen LogP contribution in [-0.2, 0) is 11.2 Å². The van der Waals surface area contributed by atoms with Crippen LogP contribution in [0.3, 0.4) is 0 Å². The number of aliphatic carboxylic acids is 1. The molecule has 0 saturated heterocycles. The summed E-state index contributed by atoms with van der Waals surface area (Å²) in [4.78, 5) is 18.6. The summed E-state index contributed by atoms with van der Waals surface area (Å²) < 4.78 is 0. The Labute approximate surface area is 92.3 Å². The number of nitrogen functional groups attached to an aromatic ring is 1. The fourth-order valence-corrected chi connectivity index (χ4v) is 1.20. The van der Waals surface area contributed by atoms with E-state index in [-0.39, 0.29) is 28.9 Å². The van der Waals surface area contributed by atoms with Crippen LogP contribution < -0.4 is 5.73 Å². The van der Waals surface area contributed by atoms with Crippen molar-refractivity contribution < 1.29 is 9.90 Å². The van der Waals surface area contributed by atoms with Crippen molar-refractivity contribution in [1.29, 1.82) is 0 Å². The monoisotopic (exact) mass is 229 g/mol. The second-order valence-electron chi connectivity index (χ2n) is 3.45. The molecule has 6 heteroatoms. The van der Waals surface area contributed by atoms with E-state index in [0.717, 1.165) is 0 Å². The number of rotatable bonds is 3. The van der Waals surface area contributed by atoms with Crippen molar-refractivity contribution in [1.82, 2.24) is 9.97 Å². The van der Waals surface area contributed by atoms with E-state index in [0.29, 0.717) is 5.82 Å². The van der Waals surface area contributed by atoms with Gasteiger partial charge in [0.2, 0.25) is 0 Å². The second-order valence-corrected chi connectivity index (χ2v) is 3.83. The molecule has 0 aliphatic heterocycles. The van der Waals surface area contributed by atoms with Crippen molar-refractivity contribution in [3.63, 3.8) is 0 Å². The highest BCUT2D eigenvalue weighted by Gasteiger charge is 2.14. The number of carboxylic acid groups (broad SMARTS) is 1. The minimum absolute atomic E-state index is 0.0807. The topological polar surface area (TPSA) is 89.1 Å². The van der Waals surface area contributed by atoms with Gasteiger partial charge in [-0.3, -0.25) is 4.79 Å². The van der Waals surface area contributed by atoms with E-state index in [1.807, 2.05) is 13.8 Å². The fourth-order valence-electron chi connectivity index (χ4n) is 1.05. The number of aromatic nitrogens is 2. The van der Waals surface area contributed by atoms with E-state index < -0.39 is 5.97 Å². The van der Waals surface area contributed by atoms with Crippen LogP contribution in [0.1, 0.15) is 31.3 Å². The standard InChI is InChI=1S/C9H12ClN3O2/c1-4(2)9-12-5(3-6(14)15)7(10)8(11)13-9/h4H,3H2,1-2H3,(H,14,15)(H2,11,12,13). The van der Waals surface area contributed by atoms with Crippen LogP contribution in [0.15, 0.2) is 0 Å². The molecule has 0 saturated carbocycles. The number of hydrogen-bond donors (Lipinski definition) is 2. The highest BCUT2D eigenvalue weighted by atomic mass is 35.5. The molecule has 82 valence electrons. The zero-order valence-corrected chi connectivity index (χ0v) is 9.25. The first-order chi connectivity index (χ1) is 6.91. The largest absolute Gasteiger partial charge is 0.481 e. The lowest BCUT2D eigenvalue weighted by atomic mass is 10.2. The normalized spacial score (nSPS) is 10.7. The van der Waals surface area contributed by atoms with Gasteiger partial charge in [0.25, 0.3) is 0 Å². The van der Waals surface area contributed by atoms with Gasteiger partial charge < -0.3 is 10.8 Å². The lowest BCUT2D eigenvalue weighted by molar-refractivity contribution is -0.136. The van der Waals surface area contributed by atoms with Crippen molar-refractivity contribution in [3.05, 3.63) is 16.5 Å². The number of nitrogens with two attached hydrogens (primary N) is 1. The molecule has 0 spiro atoms. The summed E-state index contributed by atoms with van der Waals surface area (Å²) >= 11 is 5.80. The van der Waals surface area contributed by atoms with E-state index >= 15 is 0 Å². The molecule has 15 heavy (non-hydrogen) atoms. The Morgan fingerprint density at radius 2 is 2.13 bits per heavy atom. The maximum atomic E-state index is 10.6. The maximum absolute atomic E-state index is 10.6. The van der Waals surface area contributed by atoms with Crippen LogP contribution in [0, 0.1) is 0 Å². The van der Waals surface area contributed by atoms with Crippen LogP contribution >= 0.6 is 11.6 Å². The quantitative estimate of drug-likeness (QED) is 0.819. The third kappa shape index (κ3) is 2.79. The molecular weight excluding hydrogens is 218 g/mol. The van der Waals surface area contributed by atoms with Gasteiger partial charge in [-0.25, -0.2) is 9.97 Å². The Balaban J connectivity index is 3.18. The number of nitrogens with zero attached hydrogens (tertiary/aromatic N) is 2. The van der Waals surface area contributed by atoms with Gasteiger partial charge in [0.05, 0.1) is 12.1 Å². The Morgan fingerprint density at radius 3 is 2.60 bits per heavy atom. The van der Waals surface area contributed by atoms with Crippen LogP contribution in [0.25, 0.3) is 0 Å². The maximum Gasteiger partial charge on any atom is 0.309 e. The van der Waals surface area contributed by atoms with Crippen LogP contribution in [0.5, 0.6) is 0 Å². The number of halogens is 1. The molecule has 1 aromatic rings. The Bertz CT molecular complexity index is 393. The van der Waals surface area contributed by atoms with Crippen molar-refractivity contribution in [3.8, 4) is 0 Å². The van der Waals surface area contributed by atoms with E-state index in [1.54, 1.807) is 0 Å². The molecule has 0 radical (unpaired) electrons. The second kappa shape index (κ2) is 4.44. The Hall–Kier alpha value is -1.36. The number of anilines is 1. The lowest BCUT2D eigenvalue weighted by Crippen LogP contribution is -2.10. The molecule has 0 amide bonds. The van der Waals surface area contributed by atoms with Crippen molar-refractivity contribution in [2.24, 2.45) is 0 Å². The van der Waals surface area contributed by atoms with Gasteiger partial charge >= 0.3 is 5.97 Å². The van der Waals surface area contributed by atoms with Gasteiger partial charge in [-0.2, -0.15) is 0 Å². The molecule has 0 aromatic carbocycles. The predicted molar refractivity (Wildman–Crippen MR) is 56.9 cm³/mol. The molecule has 1 heterocycles. The van der Waals surface area contributed by atoms with Gasteiger partial charge in [0, 0.05) is 5.92 Å². The van der Waals surface area contributed by atoms with Gasteiger partial charge in [0.15, 0.2) is 0 Å². The minimum Gasteiger partial charge on any atom is -0.481 e. The summed E-state index contributed by atoms with van der Waals surface area (Å²) in [6.45, 7) is 3.79. The zero-order chi connectivity index (χ0) is 11.6. The first kappa shape index (κ1) is 11.7. The lowest BCUT2D eigenvalue weighted by Gasteiger charge is -2.09. The Kier molecular flexibility index (Phi) is 3.47. The molecular formula is C9H12ClN3O2. The molecule has 0 fully saturated rings. The summed E-state index contributed by atoms with van der Waals surface area (Å²) in [6.07, 6.45) is -0.245. The van der Waals surface area contributed by atoms with Gasteiger partial charge in [-0.1, -0.05) is 25.4 Å². The Morgan fingerprint density at radius 1 is 1.53 bits per heavy atom. The SMILES string of the molecule is CC(C)c1nc(N)c(Cl)c(CC(=O)O)n1. The first-order valence-electron chi connectivity index (χ1n) is 4.45. The molecule has 0 unspecified atom stereocenters. The average Bonchev–Trinajstić information content (AvgIpc) is 2.11. The molecule has 1 aromatic heterocycles. The van der Waals surface area contributed by atoms with Gasteiger partial charge in [-0.15, -0.1) is 0 Å². The number of hydrogen-bond acceptors (Lipinski definition) is 4. The summed E-state index contributed by atoms with van der Waals surface area (Å²) in [7, 11) is 0. The molecule has 0 bridgehead atoms. The van der Waals surface area contributed by atoms with Gasteiger partial charge in [0.1, 0.15) is 16.7 Å². The number of carbonyl (C=O) groups is 1. The molecule has 1 rings (SSSR count). The van der Waals surface area contributed by atoms with Gasteiger partial charge in [-0.05, 0) is 0 Å². The first-order valence-corrected chi connectivity index (χ1v) is 4.83. The van der Waals surface area contributed by atoms with Crippen molar-refractivity contribution in [2.75, 3.05) is 5.73 Å². The van der Waals surface area contributed by atoms with Crippen LogP contribution in [0.2, 0.25) is 5.02 Å². The third-order valence-electron chi connectivity index (χ3n) is 1.80. The smallest absolute Gasteiger partial charge is 0.309 e. The van der Waals surface area contributed by atoms with E-state index in [2.05, 4.69) is 9.97 Å². The van der Waals surface area contributed by atoms with E-state index in [4.69, 9.17) is 22.4 Å². The van der Waals surface area contributed by atoms with Crippen molar-refractivity contribution >= 4 is 23.4 Å². The van der Waals surface area contributed by atoms with E-state index in [1.165, 1.54) is 0 Å². The average molecular weight is 230 g/mol. The zero-order valence-electron chi connectivity index (χ0n) is 8.49. The summed E-state index contributed by atoms with van der Waals surface area (Å²) in [5.74, 6) is -0.276. The summed E-state index contributed by atoms with van der Waals surface area (Å²) in [5.41, 5.74) is 5.82. The van der Waals surface area contributed by atoms with E-state index in [9.17, 15) is 4.79 Å². The predicted octanol–water partition coefficient (Wildman–Crippen LogP) is 1.46.